The SMILES string of the molecule is CCN(CC)CC(=O)NCc1ccccc1OCCc1ccccc1.Cl. The van der Waals surface area contributed by atoms with Crippen molar-refractivity contribution in [2.75, 3.05) is 26.2 Å². The zero-order valence-electron chi connectivity index (χ0n) is 15.6. The molecule has 0 heterocycles. The predicted molar refractivity (Wildman–Crippen MR) is 109 cm³/mol. The molecule has 142 valence electrons. The first-order valence-electron chi connectivity index (χ1n) is 8.96. The molecule has 26 heavy (non-hydrogen) atoms. The minimum absolute atomic E-state index is 0. The second kappa shape index (κ2) is 12.3. The number of hydrogen-bond donors (Lipinski definition) is 1. The Morgan fingerprint density at radius 1 is 1.00 bits per heavy atom. The number of carbonyl (C=O) groups is 1. The van der Waals surface area contributed by atoms with Crippen molar-refractivity contribution in [3.63, 3.8) is 0 Å². The van der Waals surface area contributed by atoms with Gasteiger partial charge in [0.1, 0.15) is 5.75 Å². The first-order chi connectivity index (χ1) is 12.2. The Balaban J connectivity index is 0.00000338. The average Bonchev–Trinajstić information content (AvgIpc) is 2.66. The van der Waals surface area contributed by atoms with Crippen molar-refractivity contribution in [1.29, 1.82) is 0 Å². The third-order valence-corrected chi connectivity index (χ3v) is 4.20. The molecule has 0 atom stereocenters. The van der Waals surface area contributed by atoms with Crippen LogP contribution in [-0.2, 0) is 17.8 Å². The van der Waals surface area contributed by atoms with E-state index in [0.29, 0.717) is 19.7 Å². The number of nitrogens with one attached hydrogen (secondary N) is 1. The van der Waals surface area contributed by atoms with Gasteiger partial charge in [-0.15, -0.1) is 12.4 Å². The van der Waals surface area contributed by atoms with Gasteiger partial charge in [0.15, 0.2) is 0 Å². The zero-order chi connectivity index (χ0) is 17.9. The van der Waals surface area contributed by atoms with Crippen molar-refractivity contribution in [3.8, 4) is 5.75 Å². The van der Waals surface area contributed by atoms with Crippen LogP contribution in [0, 0.1) is 0 Å². The largest absolute Gasteiger partial charge is 0.493 e. The fraction of sp³-hybridized carbons (Fsp3) is 0.381. The maximum Gasteiger partial charge on any atom is 0.234 e. The highest BCUT2D eigenvalue weighted by atomic mass is 35.5. The molecule has 0 aliphatic heterocycles. The summed E-state index contributed by atoms with van der Waals surface area (Å²) < 4.78 is 5.94. The van der Waals surface area contributed by atoms with Crippen LogP contribution in [0.2, 0.25) is 0 Å². The smallest absolute Gasteiger partial charge is 0.234 e. The molecule has 0 aliphatic carbocycles. The Kier molecular flexibility index (Phi) is 10.4. The predicted octanol–water partition coefficient (Wildman–Crippen LogP) is 3.69. The molecule has 0 aromatic heterocycles. The summed E-state index contributed by atoms with van der Waals surface area (Å²) in [5.74, 6) is 0.879. The summed E-state index contributed by atoms with van der Waals surface area (Å²) in [7, 11) is 0. The van der Waals surface area contributed by atoms with Crippen LogP contribution in [0.1, 0.15) is 25.0 Å². The highest BCUT2D eigenvalue weighted by Gasteiger charge is 2.09. The van der Waals surface area contributed by atoms with Gasteiger partial charge in [-0.2, -0.15) is 0 Å². The number of ether oxygens (including phenoxy) is 1. The molecule has 5 heteroatoms. The van der Waals surface area contributed by atoms with E-state index in [-0.39, 0.29) is 18.3 Å². The van der Waals surface area contributed by atoms with Crippen LogP contribution in [0.5, 0.6) is 5.75 Å². The topological polar surface area (TPSA) is 41.6 Å². The van der Waals surface area contributed by atoms with E-state index in [1.54, 1.807) is 0 Å². The number of rotatable bonds is 10. The molecule has 4 nitrogen and oxygen atoms in total. The van der Waals surface area contributed by atoms with Crippen LogP contribution < -0.4 is 10.1 Å². The van der Waals surface area contributed by atoms with Crippen LogP contribution in [0.3, 0.4) is 0 Å². The molecule has 2 aromatic rings. The Morgan fingerprint density at radius 2 is 1.65 bits per heavy atom. The van der Waals surface area contributed by atoms with Crippen molar-refractivity contribution in [2.45, 2.75) is 26.8 Å². The van der Waals surface area contributed by atoms with E-state index in [4.69, 9.17) is 4.74 Å². The lowest BCUT2D eigenvalue weighted by molar-refractivity contribution is -0.122. The highest BCUT2D eigenvalue weighted by molar-refractivity contribution is 5.85. The number of halogens is 1. The van der Waals surface area contributed by atoms with Gasteiger partial charge in [0, 0.05) is 18.5 Å². The fourth-order valence-electron chi connectivity index (χ4n) is 2.61. The van der Waals surface area contributed by atoms with E-state index in [1.807, 2.05) is 42.5 Å². The molecule has 1 N–H and O–H groups in total. The summed E-state index contributed by atoms with van der Waals surface area (Å²) in [6.45, 7) is 7.42. The molecule has 2 rings (SSSR count). The molecule has 0 saturated carbocycles. The molecule has 0 fully saturated rings. The molecule has 0 aliphatic rings. The van der Waals surface area contributed by atoms with Crippen LogP contribution in [0.4, 0.5) is 0 Å². The molecule has 0 unspecified atom stereocenters. The maximum atomic E-state index is 12.1. The van der Waals surface area contributed by atoms with E-state index in [9.17, 15) is 4.79 Å². The van der Waals surface area contributed by atoms with E-state index in [0.717, 1.165) is 30.8 Å². The first kappa shape index (κ1) is 22.0. The Hall–Kier alpha value is -2.04. The summed E-state index contributed by atoms with van der Waals surface area (Å²) in [5, 5.41) is 2.99. The molecule has 0 saturated heterocycles. The molecule has 1 amide bonds. The number of amides is 1. The van der Waals surface area contributed by atoms with Crippen LogP contribution >= 0.6 is 12.4 Å². The van der Waals surface area contributed by atoms with Crippen molar-refractivity contribution < 1.29 is 9.53 Å². The number of hydrogen-bond acceptors (Lipinski definition) is 3. The van der Waals surface area contributed by atoms with Gasteiger partial charge in [0.05, 0.1) is 13.2 Å². The summed E-state index contributed by atoms with van der Waals surface area (Å²) >= 11 is 0. The first-order valence-corrected chi connectivity index (χ1v) is 8.96. The van der Waals surface area contributed by atoms with Crippen molar-refractivity contribution in [2.24, 2.45) is 0 Å². The van der Waals surface area contributed by atoms with Crippen molar-refractivity contribution in [3.05, 3.63) is 65.7 Å². The van der Waals surface area contributed by atoms with E-state index < -0.39 is 0 Å². The second-order valence-corrected chi connectivity index (χ2v) is 5.93. The molecular weight excluding hydrogens is 348 g/mol. The lowest BCUT2D eigenvalue weighted by atomic mass is 10.1. The lowest BCUT2D eigenvalue weighted by Crippen LogP contribution is -2.36. The molecule has 2 aromatic carbocycles. The lowest BCUT2D eigenvalue weighted by Gasteiger charge is -2.18. The Morgan fingerprint density at radius 3 is 2.35 bits per heavy atom. The molecule has 0 spiro atoms. The number of likely N-dealkylation sites (N-methyl/N-ethyl adjacent to an activating group) is 1. The summed E-state index contributed by atoms with van der Waals surface area (Å²) in [6, 6.07) is 18.2. The molecule has 0 bridgehead atoms. The number of benzene rings is 2. The minimum atomic E-state index is 0. The number of para-hydroxylation sites is 1. The summed E-state index contributed by atoms with van der Waals surface area (Å²) in [6.07, 6.45) is 0.865. The molecule has 0 radical (unpaired) electrons. The van der Waals surface area contributed by atoms with Gasteiger partial charge in [-0.05, 0) is 24.7 Å². The minimum Gasteiger partial charge on any atom is -0.493 e. The van der Waals surface area contributed by atoms with Gasteiger partial charge in [0.25, 0.3) is 0 Å². The van der Waals surface area contributed by atoms with Gasteiger partial charge < -0.3 is 10.1 Å². The Bertz CT molecular complexity index is 645. The van der Waals surface area contributed by atoms with Crippen LogP contribution in [0.25, 0.3) is 0 Å². The van der Waals surface area contributed by atoms with Gasteiger partial charge in [0.2, 0.25) is 5.91 Å². The number of nitrogens with zero attached hydrogens (tertiary/aromatic N) is 1. The summed E-state index contributed by atoms with van der Waals surface area (Å²) in [4.78, 5) is 14.2. The highest BCUT2D eigenvalue weighted by Crippen LogP contribution is 2.18. The monoisotopic (exact) mass is 376 g/mol. The second-order valence-electron chi connectivity index (χ2n) is 5.93. The fourth-order valence-corrected chi connectivity index (χ4v) is 2.61. The van der Waals surface area contributed by atoms with Crippen LogP contribution in [0.15, 0.2) is 54.6 Å². The molecular formula is C21H29ClN2O2. The third-order valence-electron chi connectivity index (χ3n) is 4.20. The van der Waals surface area contributed by atoms with Crippen LogP contribution in [-0.4, -0.2) is 37.0 Å². The Labute approximate surface area is 163 Å². The van der Waals surface area contributed by atoms with Crippen molar-refractivity contribution in [1.82, 2.24) is 10.2 Å². The van der Waals surface area contributed by atoms with E-state index in [2.05, 4.69) is 36.2 Å². The van der Waals surface area contributed by atoms with Gasteiger partial charge in [-0.1, -0.05) is 62.4 Å². The maximum absolute atomic E-state index is 12.1. The normalized spacial score (nSPS) is 10.3. The number of carbonyl (C=O) groups excluding carboxylic acids is 1. The van der Waals surface area contributed by atoms with Gasteiger partial charge in [-0.3, -0.25) is 9.69 Å². The third kappa shape index (κ3) is 7.46. The van der Waals surface area contributed by atoms with Crippen molar-refractivity contribution >= 4 is 18.3 Å². The van der Waals surface area contributed by atoms with Gasteiger partial charge in [-0.25, -0.2) is 0 Å². The standard InChI is InChI=1S/C21H28N2O2.ClH/c1-3-23(4-2)17-21(24)22-16-19-12-8-9-13-20(19)25-15-14-18-10-6-5-7-11-18;/h5-13H,3-4,14-17H2,1-2H3,(H,22,24);1H. The van der Waals surface area contributed by atoms with E-state index >= 15 is 0 Å². The van der Waals surface area contributed by atoms with E-state index in [1.165, 1.54) is 5.56 Å². The summed E-state index contributed by atoms with van der Waals surface area (Å²) in [5.41, 5.74) is 2.26. The zero-order valence-corrected chi connectivity index (χ0v) is 16.4. The van der Waals surface area contributed by atoms with Gasteiger partial charge >= 0.3 is 0 Å². The average molecular weight is 377 g/mol. The quantitative estimate of drug-likeness (QED) is 0.687.